The molecule has 0 spiro atoms. The van der Waals surface area contributed by atoms with Gasteiger partial charge in [-0.1, -0.05) is 19.4 Å². The summed E-state index contributed by atoms with van der Waals surface area (Å²) in [5.41, 5.74) is 0.659. The van der Waals surface area contributed by atoms with Crippen LogP contribution in [0.3, 0.4) is 0 Å². The number of carbonyl (C=O) groups is 1. The highest BCUT2D eigenvalue weighted by Crippen LogP contribution is 2.37. The van der Waals surface area contributed by atoms with Crippen molar-refractivity contribution in [2.24, 2.45) is 0 Å². The summed E-state index contributed by atoms with van der Waals surface area (Å²) in [6.07, 6.45) is 1.98. The van der Waals surface area contributed by atoms with E-state index in [2.05, 4.69) is 17.6 Å². The van der Waals surface area contributed by atoms with Crippen LogP contribution >= 0.6 is 0 Å². The molecular formula is C18H29BN2O4. The van der Waals surface area contributed by atoms with Gasteiger partial charge in [0.15, 0.2) is 0 Å². The molecule has 2 rings (SSSR count). The Kier molecular flexibility index (Phi) is 6.01. The molecule has 0 saturated carbocycles. The summed E-state index contributed by atoms with van der Waals surface area (Å²) < 4.78 is 17.5. The van der Waals surface area contributed by atoms with Gasteiger partial charge in [-0.25, -0.2) is 4.79 Å². The average molecular weight is 348 g/mol. The van der Waals surface area contributed by atoms with Crippen molar-refractivity contribution >= 4 is 24.3 Å². The number of methoxy groups -OCH3 is 1. The van der Waals surface area contributed by atoms with E-state index in [1.807, 2.05) is 39.8 Å². The number of unbranched alkanes of at least 4 members (excludes halogenated alkanes) is 1. The summed E-state index contributed by atoms with van der Waals surface area (Å²) in [5.74, 6) is 0.567. The zero-order chi connectivity index (χ0) is 18.7. The van der Waals surface area contributed by atoms with Crippen molar-refractivity contribution < 1.29 is 18.8 Å². The summed E-state index contributed by atoms with van der Waals surface area (Å²) >= 11 is 0. The molecule has 1 aromatic rings. The van der Waals surface area contributed by atoms with Crippen LogP contribution in [-0.4, -0.2) is 38.0 Å². The first kappa shape index (κ1) is 19.6. The summed E-state index contributed by atoms with van der Waals surface area (Å²) in [5, 5.41) is 5.63. The lowest BCUT2D eigenvalue weighted by Gasteiger charge is -2.32. The van der Waals surface area contributed by atoms with Crippen molar-refractivity contribution in [1.29, 1.82) is 0 Å². The highest BCUT2D eigenvalue weighted by molar-refractivity contribution is 6.62. The number of ether oxygens (including phenoxy) is 1. The second-order valence-electron chi connectivity index (χ2n) is 7.28. The number of anilines is 1. The smallest absolute Gasteiger partial charge is 0.494 e. The molecule has 25 heavy (non-hydrogen) atoms. The molecule has 1 heterocycles. The number of hydrogen-bond acceptors (Lipinski definition) is 4. The van der Waals surface area contributed by atoms with Crippen LogP contribution in [0.5, 0.6) is 5.75 Å². The van der Waals surface area contributed by atoms with E-state index in [4.69, 9.17) is 14.0 Å². The van der Waals surface area contributed by atoms with Gasteiger partial charge in [-0.15, -0.1) is 0 Å². The maximum absolute atomic E-state index is 11.9. The fraction of sp³-hybridized carbons (Fsp3) is 0.611. The van der Waals surface area contributed by atoms with Gasteiger partial charge in [-0.2, -0.15) is 0 Å². The SMILES string of the molecule is CCCCNC(=O)Nc1ccc(B2OC(C)(C)C(C)(C)O2)cc1OC. The zero-order valence-corrected chi connectivity index (χ0v) is 16.1. The van der Waals surface area contributed by atoms with Gasteiger partial charge in [-0.05, 0) is 51.7 Å². The second kappa shape index (κ2) is 7.66. The molecule has 0 radical (unpaired) electrons. The fourth-order valence-corrected chi connectivity index (χ4v) is 2.48. The van der Waals surface area contributed by atoms with Crippen LogP contribution in [0.25, 0.3) is 0 Å². The summed E-state index contributed by atoms with van der Waals surface area (Å²) in [6.45, 7) is 10.8. The number of hydrogen-bond donors (Lipinski definition) is 2. The third-order valence-electron chi connectivity index (χ3n) is 4.82. The quantitative estimate of drug-likeness (QED) is 0.613. The molecule has 0 unspecified atom stereocenters. The number of carbonyl (C=O) groups excluding carboxylic acids is 1. The Morgan fingerprint density at radius 3 is 2.40 bits per heavy atom. The molecule has 2 N–H and O–H groups in total. The van der Waals surface area contributed by atoms with Gasteiger partial charge in [0.2, 0.25) is 0 Å². The Morgan fingerprint density at radius 1 is 1.20 bits per heavy atom. The topological polar surface area (TPSA) is 68.8 Å². The number of nitrogens with one attached hydrogen (secondary N) is 2. The summed E-state index contributed by atoms with van der Waals surface area (Å²) in [7, 11) is 1.11. The van der Waals surface area contributed by atoms with Gasteiger partial charge < -0.3 is 24.7 Å². The third-order valence-corrected chi connectivity index (χ3v) is 4.82. The lowest BCUT2D eigenvalue weighted by Crippen LogP contribution is -2.41. The molecule has 6 nitrogen and oxygen atoms in total. The van der Waals surface area contributed by atoms with Crippen molar-refractivity contribution in [2.75, 3.05) is 19.0 Å². The van der Waals surface area contributed by atoms with Gasteiger partial charge in [0.1, 0.15) is 5.75 Å². The number of amides is 2. The van der Waals surface area contributed by atoms with Crippen LogP contribution in [0.1, 0.15) is 47.5 Å². The first-order chi connectivity index (χ1) is 11.7. The van der Waals surface area contributed by atoms with E-state index in [0.717, 1.165) is 18.3 Å². The molecule has 1 aliphatic heterocycles. The molecule has 0 aliphatic carbocycles. The minimum atomic E-state index is -0.466. The molecular weight excluding hydrogens is 319 g/mol. The largest absolute Gasteiger partial charge is 0.495 e. The van der Waals surface area contributed by atoms with E-state index < -0.39 is 18.3 Å². The molecule has 1 saturated heterocycles. The monoisotopic (exact) mass is 348 g/mol. The fourth-order valence-electron chi connectivity index (χ4n) is 2.48. The molecule has 7 heteroatoms. The first-order valence-corrected chi connectivity index (χ1v) is 8.78. The van der Waals surface area contributed by atoms with Gasteiger partial charge in [0.05, 0.1) is 24.0 Å². The Hall–Kier alpha value is -1.73. The molecule has 1 aromatic carbocycles. The molecule has 0 bridgehead atoms. The van der Waals surface area contributed by atoms with Gasteiger partial charge in [-0.3, -0.25) is 0 Å². The van der Waals surface area contributed by atoms with Crippen LogP contribution < -0.4 is 20.8 Å². The Labute approximate surface area is 150 Å². The summed E-state index contributed by atoms with van der Waals surface area (Å²) in [4.78, 5) is 11.9. The lowest BCUT2D eigenvalue weighted by atomic mass is 9.79. The van der Waals surface area contributed by atoms with Gasteiger partial charge in [0.25, 0.3) is 0 Å². The van der Waals surface area contributed by atoms with E-state index in [0.29, 0.717) is 18.0 Å². The molecule has 1 fully saturated rings. The maximum Gasteiger partial charge on any atom is 0.494 e. The van der Waals surface area contributed by atoms with Crippen molar-refractivity contribution in [3.8, 4) is 5.75 Å². The van der Waals surface area contributed by atoms with E-state index >= 15 is 0 Å². The van der Waals surface area contributed by atoms with E-state index in [1.54, 1.807) is 13.2 Å². The minimum absolute atomic E-state index is 0.241. The highest BCUT2D eigenvalue weighted by Gasteiger charge is 2.51. The van der Waals surface area contributed by atoms with Crippen LogP contribution in [0.15, 0.2) is 18.2 Å². The van der Waals surface area contributed by atoms with E-state index in [9.17, 15) is 4.79 Å². The highest BCUT2D eigenvalue weighted by atomic mass is 16.7. The van der Waals surface area contributed by atoms with Crippen molar-refractivity contribution in [3.63, 3.8) is 0 Å². The molecule has 138 valence electrons. The molecule has 0 atom stereocenters. The van der Waals surface area contributed by atoms with Crippen LogP contribution in [0.4, 0.5) is 10.5 Å². The Morgan fingerprint density at radius 2 is 1.84 bits per heavy atom. The third kappa shape index (κ3) is 4.47. The second-order valence-corrected chi connectivity index (χ2v) is 7.28. The normalized spacial score (nSPS) is 18.1. The van der Waals surface area contributed by atoms with Crippen molar-refractivity contribution in [1.82, 2.24) is 5.32 Å². The predicted octanol–water partition coefficient (Wildman–Crippen LogP) is 2.92. The van der Waals surface area contributed by atoms with Crippen molar-refractivity contribution in [3.05, 3.63) is 18.2 Å². The van der Waals surface area contributed by atoms with Gasteiger partial charge in [0, 0.05) is 6.54 Å². The minimum Gasteiger partial charge on any atom is -0.495 e. The molecule has 0 aromatic heterocycles. The number of urea groups is 1. The van der Waals surface area contributed by atoms with Crippen LogP contribution in [0, 0.1) is 0 Å². The van der Waals surface area contributed by atoms with Gasteiger partial charge >= 0.3 is 13.1 Å². The molecule has 2 amide bonds. The standard InChI is InChI=1S/C18H29BN2O4/c1-7-8-11-20-16(22)21-14-10-9-13(12-15(14)23-6)19-24-17(2,3)18(4,5)25-19/h9-10,12H,7-8,11H2,1-6H3,(H2,20,21,22). The maximum atomic E-state index is 11.9. The number of rotatable bonds is 6. The van der Waals surface area contributed by atoms with Crippen molar-refractivity contribution in [2.45, 2.75) is 58.7 Å². The zero-order valence-electron chi connectivity index (χ0n) is 16.1. The average Bonchev–Trinajstić information content (AvgIpc) is 2.76. The Bertz CT molecular complexity index is 603. The van der Waals surface area contributed by atoms with Crippen LogP contribution in [-0.2, 0) is 9.31 Å². The van der Waals surface area contributed by atoms with Crippen LogP contribution in [0.2, 0.25) is 0 Å². The van der Waals surface area contributed by atoms with E-state index in [1.165, 1.54) is 0 Å². The van der Waals surface area contributed by atoms with E-state index in [-0.39, 0.29) is 6.03 Å². The first-order valence-electron chi connectivity index (χ1n) is 8.78. The summed E-state index contributed by atoms with van der Waals surface area (Å²) in [6, 6.07) is 5.28. The lowest BCUT2D eigenvalue weighted by molar-refractivity contribution is 0.00578. The number of benzene rings is 1. The predicted molar refractivity (Wildman–Crippen MR) is 101 cm³/mol. The Balaban J connectivity index is 2.11. The molecule has 1 aliphatic rings.